The Morgan fingerprint density at radius 1 is 1.28 bits per heavy atom. The van der Waals surface area contributed by atoms with Gasteiger partial charge in [0.25, 0.3) is 0 Å². The van der Waals surface area contributed by atoms with E-state index in [1.807, 2.05) is 19.2 Å². The van der Waals surface area contributed by atoms with Crippen LogP contribution in [0, 0.1) is 5.92 Å². The molecule has 2 N–H and O–H groups in total. The van der Waals surface area contributed by atoms with Gasteiger partial charge in [0.2, 0.25) is 0 Å². The van der Waals surface area contributed by atoms with Crippen molar-refractivity contribution in [1.29, 1.82) is 0 Å². The molecule has 2 fully saturated rings. The van der Waals surface area contributed by atoms with Crippen molar-refractivity contribution in [3.05, 3.63) is 23.4 Å². The van der Waals surface area contributed by atoms with Crippen molar-refractivity contribution in [3.8, 4) is 0 Å². The Labute approximate surface area is 180 Å². The third-order valence-electron chi connectivity index (χ3n) is 6.05. The first-order chi connectivity index (χ1) is 14.0. The molecule has 29 heavy (non-hydrogen) atoms. The second-order valence-corrected chi connectivity index (χ2v) is 8.90. The summed E-state index contributed by atoms with van der Waals surface area (Å²) in [4.78, 5) is 16.2. The second kappa shape index (κ2) is 10.5. The number of pyridine rings is 1. The van der Waals surface area contributed by atoms with Crippen LogP contribution < -0.4 is 15.5 Å². The lowest BCUT2D eigenvalue weighted by atomic mass is 10.0. The van der Waals surface area contributed by atoms with Crippen LogP contribution in [0.4, 0.5) is 5.82 Å². The third kappa shape index (κ3) is 5.96. The van der Waals surface area contributed by atoms with E-state index in [1.165, 1.54) is 0 Å². The Bertz CT molecular complexity index is 673. The van der Waals surface area contributed by atoms with Gasteiger partial charge in [-0.15, -0.1) is 0 Å². The minimum absolute atomic E-state index is 0.334. The molecule has 0 aromatic carbocycles. The summed E-state index contributed by atoms with van der Waals surface area (Å²) in [5, 5.41) is 7.88. The van der Waals surface area contributed by atoms with Crippen molar-refractivity contribution in [2.75, 3.05) is 64.8 Å². The summed E-state index contributed by atoms with van der Waals surface area (Å²) in [6.07, 6.45) is 2.84. The topological polar surface area (TPSA) is 59.0 Å². The number of aliphatic imine (C=N–C) groups is 1. The number of guanidine groups is 1. The number of anilines is 1. The van der Waals surface area contributed by atoms with Gasteiger partial charge in [-0.2, -0.15) is 0 Å². The van der Waals surface area contributed by atoms with Gasteiger partial charge in [0.05, 0.1) is 5.02 Å². The number of nitrogens with zero attached hydrogens (tertiary/aromatic N) is 5. The van der Waals surface area contributed by atoms with Crippen LogP contribution in [0.5, 0.6) is 0 Å². The Hall–Kier alpha value is -1.57. The predicted molar refractivity (Wildman–Crippen MR) is 122 cm³/mol. The normalized spacial score (nSPS) is 22.9. The summed E-state index contributed by atoms with van der Waals surface area (Å²) in [7, 11) is 4.05. The number of likely N-dealkylation sites (N-methyl/N-ethyl adjacent to an activating group) is 1. The fraction of sp³-hybridized carbons (Fsp3) is 0.714. The van der Waals surface area contributed by atoms with E-state index in [9.17, 15) is 0 Å². The molecule has 3 rings (SSSR count). The zero-order valence-corrected chi connectivity index (χ0v) is 19.0. The molecule has 2 aliphatic heterocycles. The van der Waals surface area contributed by atoms with Crippen LogP contribution in [0.2, 0.25) is 5.02 Å². The maximum atomic E-state index is 6.31. The number of hydrogen-bond acceptors (Lipinski definition) is 5. The van der Waals surface area contributed by atoms with Gasteiger partial charge in [-0.25, -0.2) is 4.98 Å². The Kier molecular flexibility index (Phi) is 7.98. The van der Waals surface area contributed by atoms with Crippen molar-refractivity contribution < 1.29 is 0 Å². The van der Waals surface area contributed by atoms with Gasteiger partial charge in [0, 0.05) is 71.1 Å². The highest BCUT2D eigenvalue weighted by Gasteiger charge is 2.27. The van der Waals surface area contributed by atoms with Crippen molar-refractivity contribution in [3.63, 3.8) is 0 Å². The number of rotatable bonds is 6. The summed E-state index contributed by atoms with van der Waals surface area (Å²) in [5.41, 5.74) is 0. The molecule has 7 nitrogen and oxygen atoms in total. The highest BCUT2D eigenvalue weighted by atomic mass is 35.5. The molecule has 2 atom stereocenters. The molecule has 0 amide bonds. The van der Waals surface area contributed by atoms with E-state index in [2.05, 4.69) is 56.2 Å². The molecule has 1 aromatic heterocycles. The fourth-order valence-corrected chi connectivity index (χ4v) is 4.45. The third-order valence-corrected chi connectivity index (χ3v) is 6.34. The first kappa shape index (κ1) is 22.1. The maximum absolute atomic E-state index is 6.31. The molecule has 2 saturated heterocycles. The van der Waals surface area contributed by atoms with Gasteiger partial charge in [0.1, 0.15) is 5.82 Å². The zero-order chi connectivity index (χ0) is 20.8. The lowest BCUT2D eigenvalue weighted by molar-refractivity contribution is 0.0900. The predicted octanol–water partition coefficient (Wildman–Crippen LogP) is 1.75. The van der Waals surface area contributed by atoms with Crippen molar-refractivity contribution in [2.45, 2.75) is 32.4 Å². The van der Waals surface area contributed by atoms with Crippen LogP contribution in [0.25, 0.3) is 0 Å². The molecular weight excluding hydrogens is 386 g/mol. The number of nitrogens with one attached hydrogen (secondary N) is 2. The summed E-state index contributed by atoms with van der Waals surface area (Å²) in [6, 6.07) is 4.61. The fourth-order valence-electron chi connectivity index (χ4n) is 4.21. The van der Waals surface area contributed by atoms with E-state index in [0.29, 0.717) is 23.0 Å². The first-order valence-corrected chi connectivity index (χ1v) is 11.1. The number of piperazine rings is 1. The van der Waals surface area contributed by atoms with E-state index < -0.39 is 0 Å². The highest BCUT2D eigenvalue weighted by Crippen LogP contribution is 2.25. The van der Waals surface area contributed by atoms with Crippen LogP contribution in [-0.2, 0) is 0 Å². The molecule has 8 heteroatoms. The van der Waals surface area contributed by atoms with Crippen LogP contribution in [0.15, 0.2) is 23.3 Å². The Morgan fingerprint density at radius 3 is 2.69 bits per heavy atom. The van der Waals surface area contributed by atoms with E-state index in [-0.39, 0.29) is 0 Å². The van der Waals surface area contributed by atoms with Crippen molar-refractivity contribution >= 4 is 23.4 Å². The maximum Gasteiger partial charge on any atom is 0.191 e. The van der Waals surface area contributed by atoms with Gasteiger partial charge in [-0.05, 0) is 31.5 Å². The van der Waals surface area contributed by atoms with Crippen molar-refractivity contribution in [2.24, 2.45) is 10.9 Å². The standard InChI is InChI=1S/C21H36ClN7/c1-16(2)19(28-12-10-27(4)11-13-28)14-25-21(23-3)26-17-7-9-29(15-17)20-18(22)6-5-8-24-20/h5-6,8,16-17,19H,7,9-15H2,1-4H3,(H2,23,25,26). The van der Waals surface area contributed by atoms with Crippen LogP contribution in [0.3, 0.4) is 0 Å². The average molecular weight is 422 g/mol. The van der Waals surface area contributed by atoms with E-state index in [4.69, 9.17) is 11.6 Å². The Morgan fingerprint density at radius 2 is 2.03 bits per heavy atom. The van der Waals surface area contributed by atoms with E-state index in [1.54, 1.807) is 6.20 Å². The Balaban J connectivity index is 1.51. The number of aromatic nitrogens is 1. The van der Waals surface area contributed by atoms with E-state index in [0.717, 1.165) is 64.0 Å². The minimum atomic E-state index is 0.334. The SMILES string of the molecule is CN=C(NCC(C(C)C)N1CCN(C)CC1)NC1CCN(c2ncccc2Cl)C1. The smallest absolute Gasteiger partial charge is 0.191 e. The molecule has 0 radical (unpaired) electrons. The van der Waals surface area contributed by atoms with Gasteiger partial charge in [-0.1, -0.05) is 25.4 Å². The summed E-state index contributed by atoms with van der Waals surface area (Å²) in [5.74, 6) is 2.34. The zero-order valence-electron chi connectivity index (χ0n) is 18.2. The molecule has 0 spiro atoms. The first-order valence-electron chi connectivity index (χ1n) is 10.7. The number of halogens is 1. The van der Waals surface area contributed by atoms with E-state index >= 15 is 0 Å². The highest BCUT2D eigenvalue weighted by molar-refractivity contribution is 6.32. The van der Waals surface area contributed by atoms with Crippen LogP contribution in [0.1, 0.15) is 20.3 Å². The molecule has 0 aliphatic carbocycles. The van der Waals surface area contributed by atoms with Gasteiger partial charge in [0.15, 0.2) is 5.96 Å². The van der Waals surface area contributed by atoms with Gasteiger partial charge < -0.3 is 20.4 Å². The average Bonchev–Trinajstić information content (AvgIpc) is 3.17. The number of hydrogen-bond donors (Lipinski definition) is 2. The molecule has 2 unspecified atom stereocenters. The van der Waals surface area contributed by atoms with Crippen molar-refractivity contribution in [1.82, 2.24) is 25.4 Å². The lowest BCUT2D eigenvalue weighted by Gasteiger charge is -2.40. The van der Waals surface area contributed by atoms with Crippen LogP contribution >= 0.6 is 11.6 Å². The minimum Gasteiger partial charge on any atom is -0.355 e. The summed E-state index contributed by atoms with van der Waals surface area (Å²) >= 11 is 6.31. The van der Waals surface area contributed by atoms with Gasteiger partial charge >= 0.3 is 0 Å². The quantitative estimate of drug-likeness (QED) is 0.539. The summed E-state index contributed by atoms with van der Waals surface area (Å²) < 4.78 is 0. The lowest BCUT2D eigenvalue weighted by Crippen LogP contribution is -2.55. The molecule has 3 heterocycles. The molecule has 2 aliphatic rings. The monoisotopic (exact) mass is 421 g/mol. The second-order valence-electron chi connectivity index (χ2n) is 8.49. The molecular formula is C21H36ClN7. The summed E-state index contributed by atoms with van der Waals surface area (Å²) in [6.45, 7) is 11.9. The molecule has 0 saturated carbocycles. The van der Waals surface area contributed by atoms with Gasteiger partial charge in [-0.3, -0.25) is 9.89 Å². The molecule has 0 bridgehead atoms. The van der Waals surface area contributed by atoms with Crippen LogP contribution in [-0.4, -0.2) is 92.7 Å². The molecule has 162 valence electrons. The molecule has 1 aromatic rings. The largest absolute Gasteiger partial charge is 0.355 e.